The van der Waals surface area contributed by atoms with E-state index in [1.54, 1.807) is 6.20 Å². The molecule has 0 spiro atoms. The first-order valence-electron chi connectivity index (χ1n) is 12.5. The van der Waals surface area contributed by atoms with Crippen molar-refractivity contribution in [3.63, 3.8) is 0 Å². The zero-order valence-corrected chi connectivity index (χ0v) is 21.0. The lowest BCUT2D eigenvalue weighted by atomic mass is 10.0. The van der Waals surface area contributed by atoms with Gasteiger partial charge >= 0.3 is 0 Å². The zero-order valence-electron chi connectivity index (χ0n) is 21.0. The summed E-state index contributed by atoms with van der Waals surface area (Å²) in [5.41, 5.74) is 7.31. The minimum Gasteiger partial charge on any atom is -0.340 e. The van der Waals surface area contributed by atoms with Gasteiger partial charge in [0.05, 0.1) is 18.4 Å². The lowest BCUT2D eigenvalue weighted by Crippen LogP contribution is -2.11. The van der Waals surface area contributed by atoms with E-state index in [2.05, 4.69) is 95.6 Å². The van der Waals surface area contributed by atoms with Gasteiger partial charge in [-0.25, -0.2) is 0 Å². The maximum atomic E-state index is 13.1. The van der Waals surface area contributed by atoms with Gasteiger partial charge in [-0.2, -0.15) is 5.10 Å². The average molecular weight is 485 g/mol. The Morgan fingerprint density at radius 3 is 2.49 bits per heavy atom. The minimum atomic E-state index is -0.139. The Kier molecular flexibility index (Phi) is 5.81. The van der Waals surface area contributed by atoms with Crippen molar-refractivity contribution in [3.05, 3.63) is 131 Å². The van der Waals surface area contributed by atoms with E-state index in [0.717, 1.165) is 17.4 Å². The summed E-state index contributed by atoms with van der Waals surface area (Å²) in [5.74, 6) is -0.139. The molecule has 0 saturated carbocycles. The SMILES string of the molecule is Cc1c(C)n(Cc2ccccc2)c2ccc(C(=O)Nc3cnn(Cc4cccc5ccccc45)c3)cc12. The Hall–Kier alpha value is -4.64. The molecule has 1 amide bonds. The minimum absolute atomic E-state index is 0.139. The molecule has 1 N–H and O–H groups in total. The van der Waals surface area contributed by atoms with E-state index in [1.165, 1.54) is 33.2 Å². The number of carbonyl (C=O) groups excluding carboxylic acids is 1. The zero-order chi connectivity index (χ0) is 25.4. The normalized spacial score (nSPS) is 11.3. The van der Waals surface area contributed by atoms with Gasteiger partial charge in [0.25, 0.3) is 5.91 Å². The Morgan fingerprint density at radius 2 is 1.62 bits per heavy atom. The summed E-state index contributed by atoms with van der Waals surface area (Å²) >= 11 is 0. The van der Waals surface area contributed by atoms with Gasteiger partial charge in [-0.15, -0.1) is 0 Å². The molecule has 6 aromatic rings. The van der Waals surface area contributed by atoms with E-state index in [-0.39, 0.29) is 5.91 Å². The molecule has 0 aliphatic carbocycles. The van der Waals surface area contributed by atoms with E-state index in [4.69, 9.17) is 0 Å². The van der Waals surface area contributed by atoms with Crippen molar-refractivity contribution in [3.8, 4) is 0 Å². The third-order valence-corrected chi connectivity index (χ3v) is 7.19. The molecule has 182 valence electrons. The second-order valence-corrected chi connectivity index (χ2v) is 9.53. The number of benzene rings is 4. The van der Waals surface area contributed by atoms with Crippen LogP contribution in [0.2, 0.25) is 0 Å². The van der Waals surface area contributed by atoms with Gasteiger partial charge in [0, 0.05) is 34.9 Å². The highest BCUT2D eigenvalue weighted by atomic mass is 16.1. The summed E-state index contributed by atoms with van der Waals surface area (Å²) < 4.78 is 4.18. The molecule has 0 bridgehead atoms. The van der Waals surface area contributed by atoms with Gasteiger partial charge < -0.3 is 9.88 Å². The smallest absolute Gasteiger partial charge is 0.255 e. The summed E-state index contributed by atoms with van der Waals surface area (Å²) in [6.45, 7) is 5.70. The van der Waals surface area contributed by atoms with Gasteiger partial charge in [-0.05, 0) is 59.5 Å². The molecule has 0 aliphatic heterocycles. The molecule has 5 nitrogen and oxygen atoms in total. The van der Waals surface area contributed by atoms with Crippen LogP contribution in [0.25, 0.3) is 21.7 Å². The van der Waals surface area contributed by atoms with Gasteiger partial charge in [-0.1, -0.05) is 72.8 Å². The first kappa shape index (κ1) is 22.8. The largest absolute Gasteiger partial charge is 0.340 e. The van der Waals surface area contributed by atoms with E-state index in [1.807, 2.05) is 35.1 Å². The second-order valence-electron chi connectivity index (χ2n) is 9.53. The van der Waals surface area contributed by atoms with Crippen LogP contribution in [0.15, 0.2) is 103 Å². The monoisotopic (exact) mass is 484 g/mol. The number of fused-ring (bicyclic) bond motifs is 2. The van der Waals surface area contributed by atoms with E-state index >= 15 is 0 Å². The lowest BCUT2D eigenvalue weighted by molar-refractivity contribution is 0.102. The van der Waals surface area contributed by atoms with Crippen LogP contribution in [-0.4, -0.2) is 20.3 Å². The van der Waals surface area contributed by atoms with E-state index in [9.17, 15) is 4.79 Å². The molecule has 37 heavy (non-hydrogen) atoms. The number of rotatable bonds is 6. The molecule has 2 heterocycles. The van der Waals surface area contributed by atoms with Crippen LogP contribution in [0.4, 0.5) is 5.69 Å². The molecule has 0 saturated heterocycles. The van der Waals surface area contributed by atoms with E-state index in [0.29, 0.717) is 17.8 Å². The highest BCUT2D eigenvalue weighted by Crippen LogP contribution is 2.28. The van der Waals surface area contributed by atoms with Crippen molar-refractivity contribution in [1.82, 2.24) is 14.3 Å². The van der Waals surface area contributed by atoms with Crippen molar-refractivity contribution in [2.24, 2.45) is 0 Å². The van der Waals surface area contributed by atoms with Crippen molar-refractivity contribution in [2.75, 3.05) is 5.32 Å². The number of nitrogens with zero attached hydrogens (tertiary/aromatic N) is 3. The van der Waals surface area contributed by atoms with Gasteiger partial charge in [0.2, 0.25) is 0 Å². The molecule has 4 aromatic carbocycles. The van der Waals surface area contributed by atoms with Crippen molar-refractivity contribution < 1.29 is 4.79 Å². The lowest BCUT2D eigenvalue weighted by Gasteiger charge is -2.09. The number of hydrogen-bond donors (Lipinski definition) is 1. The van der Waals surface area contributed by atoms with Crippen molar-refractivity contribution >= 4 is 33.3 Å². The molecule has 0 fully saturated rings. The second kappa shape index (κ2) is 9.43. The number of carbonyl (C=O) groups is 1. The van der Waals surface area contributed by atoms with Crippen LogP contribution in [0.3, 0.4) is 0 Å². The van der Waals surface area contributed by atoms with Crippen molar-refractivity contribution in [1.29, 1.82) is 0 Å². The summed E-state index contributed by atoms with van der Waals surface area (Å²) in [6.07, 6.45) is 3.58. The summed E-state index contributed by atoms with van der Waals surface area (Å²) in [4.78, 5) is 13.1. The Balaban J connectivity index is 1.21. The molecular formula is C32H28N4O. The first-order chi connectivity index (χ1) is 18.1. The Morgan fingerprint density at radius 1 is 0.838 bits per heavy atom. The van der Waals surface area contributed by atoms with Crippen LogP contribution in [0.5, 0.6) is 0 Å². The average Bonchev–Trinajstić information content (AvgIpc) is 3.46. The number of aryl methyl sites for hydroxylation is 1. The summed E-state index contributed by atoms with van der Waals surface area (Å²) in [5, 5.41) is 11.0. The van der Waals surface area contributed by atoms with Crippen LogP contribution in [0.1, 0.15) is 32.7 Å². The highest BCUT2D eigenvalue weighted by molar-refractivity contribution is 6.06. The molecule has 0 aliphatic rings. The summed E-state index contributed by atoms with van der Waals surface area (Å²) in [6, 6.07) is 31.0. The first-order valence-corrected chi connectivity index (χ1v) is 12.5. The topological polar surface area (TPSA) is 51.9 Å². The van der Waals surface area contributed by atoms with Crippen LogP contribution in [0, 0.1) is 13.8 Å². The standard InChI is InChI=1S/C32H28N4O/c1-22-23(2)36(19-24-9-4-3-5-10-24)31-16-15-26(17-30(22)31)32(37)34-28-18-33-35(21-28)20-27-13-8-12-25-11-6-7-14-29(25)27/h3-18,21H,19-20H2,1-2H3,(H,34,37). The van der Waals surface area contributed by atoms with Crippen LogP contribution < -0.4 is 5.32 Å². The predicted molar refractivity (Wildman–Crippen MR) is 150 cm³/mol. The predicted octanol–water partition coefficient (Wildman–Crippen LogP) is 6.96. The third-order valence-electron chi connectivity index (χ3n) is 7.19. The van der Waals surface area contributed by atoms with Gasteiger partial charge in [0.1, 0.15) is 0 Å². The fourth-order valence-electron chi connectivity index (χ4n) is 5.08. The number of amides is 1. The highest BCUT2D eigenvalue weighted by Gasteiger charge is 2.15. The van der Waals surface area contributed by atoms with E-state index < -0.39 is 0 Å². The van der Waals surface area contributed by atoms with Gasteiger partial charge in [-0.3, -0.25) is 9.48 Å². The van der Waals surface area contributed by atoms with Gasteiger partial charge in [0.15, 0.2) is 0 Å². The molecule has 5 heteroatoms. The van der Waals surface area contributed by atoms with Crippen molar-refractivity contribution in [2.45, 2.75) is 26.9 Å². The number of aromatic nitrogens is 3. The fraction of sp³-hybridized carbons (Fsp3) is 0.125. The Bertz CT molecular complexity index is 1740. The fourth-order valence-corrected chi connectivity index (χ4v) is 5.08. The van der Waals surface area contributed by atoms with Crippen LogP contribution >= 0.6 is 0 Å². The summed E-state index contributed by atoms with van der Waals surface area (Å²) in [7, 11) is 0. The molecular weight excluding hydrogens is 456 g/mol. The quantitative estimate of drug-likeness (QED) is 0.278. The third kappa shape index (κ3) is 4.40. The molecule has 0 atom stereocenters. The van der Waals surface area contributed by atoms with Crippen LogP contribution in [-0.2, 0) is 13.1 Å². The Labute approximate surface area is 216 Å². The molecule has 2 aromatic heterocycles. The number of hydrogen-bond acceptors (Lipinski definition) is 2. The number of nitrogens with one attached hydrogen (secondary N) is 1. The number of anilines is 1. The maximum Gasteiger partial charge on any atom is 0.255 e. The maximum absolute atomic E-state index is 13.1. The molecule has 0 unspecified atom stereocenters. The molecule has 0 radical (unpaired) electrons. The molecule has 6 rings (SSSR count).